The number of ether oxygens (including phenoxy) is 1. The highest BCUT2D eigenvalue weighted by Crippen LogP contribution is 2.43. The second kappa shape index (κ2) is 6.75. The molecule has 0 unspecified atom stereocenters. The van der Waals surface area contributed by atoms with Gasteiger partial charge in [0, 0.05) is 25.0 Å². The number of rotatable bonds is 2. The van der Waals surface area contributed by atoms with Crippen LogP contribution in [0.15, 0.2) is 72.9 Å². The van der Waals surface area contributed by atoms with Crippen LogP contribution >= 0.6 is 0 Å². The van der Waals surface area contributed by atoms with Gasteiger partial charge in [0.1, 0.15) is 6.61 Å². The fourth-order valence-electron chi connectivity index (χ4n) is 4.35. The van der Waals surface area contributed by atoms with E-state index in [9.17, 15) is 4.79 Å². The standard InChI is InChI=1S/C23H23N3O2/c27-22(28-17-18-7-2-1-3-8-18)25-15-12-23(13-16-25)21-11-6-14-26(21)20-10-5-4-9-19(20)24-23/h1-11,14,24H,12-13,15-17H2. The smallest absolute Gasteiger partial charge is 0.410 e. The van der Waals surface area contributed by atoms with Gasteiger partial charge in [0.15, 0.2) is 0 Å². The average Bonchev–Trinajstić information content (AvgIpc) is 3.25. The fraction of sp³-hybridized carbons (Fsp3) is 0.261. The number of carbonyl (C=O) groups excluding carboxylic acids is 1. The predicted octanol–water partition coefficient (Wildman–Crippen LogP) is 4.53. The average molecular weight is 373 g/mol. The van der Waals surface area contributed by atoms with E-state index in [0.29, 0.717) is 19.7 Å². The summed E-state index contributed by atoms with van der Waals surface area (Å²) in [5.41, 5.74) is 4.45. The lowest BCUT2D eigenvalue weighted by molar-refractivity contribution is 0.0794. The van der Waals surface area contributed by atoms with Crippen molar-refractivity contribution in [3.63, 3.8) is 0 Å². The number of hydrogen-bond donors (Lipinski definition) is 1. The van der Waals surface area contributed by atoms with E-state index >= 15 is 0 Å². The van der Waals surface area contributed by atoms with Crippen LogP contribution in [0.4, 0.5) is 10.5 Å². The van der Waals surface area contributed by atoms with Crippen molar-refractivity contribution >= 4 is 11.8 Å². The molecule has 5 rings (SSSR count). The lowest BCUT2D eigenvalue weighted by Gasteiger charge is -2.46. The molecule has 0 atom stereocenters. The first-order valence-corrected chi connectivity index (χ1v) is 9.76. The quantitative estimate of drug-likeness (QED) is 0.718. The monoisotopic (exact) mass is 373 g/mol. The molecule has 0 aliphatic carbocycles. The van der Waals surface area contributed by atoms with Crippen LogP contribution in [0, 0.1) is 0 Å². The number of benzene rings is 2. The maximum Gasteiger partial charge on any atom is 0.410 e. The summed E-state index contributed by atoms with van der Waals surface area (Å²) in [5.74, 6) is 0. The van der Waals surface area contributed by atoms with Gasteiger partial charge in [0.05, 0.1) is 16.9 Å². The molecule has 0 bridgehead atoms. The summed E-state index contributed by atoms with van der Waals surface area (Å²) < 4.78 is 7.79. The van der Waals surface area contributed by atoms with Crippen molar-refractivity contribution in [2.24, 2.45) is 0 Å². The summed E-state index contributed by atoms with van der Waals surface area (Å²) in [6.45, 7) is 1.66. The SMILES string of the molecule is O=C(OCc1ccccc1)N1CCC2(CC1)Nc1ccccc1-n1cccc12. The van der Waals surface area contributed by atoms with Crippen LogP contribution < -0.4 is 5.32 Å². The third-order valence-electron chi connectivity index (χ3n) is 5.86. The van der Waals surface area contributed by atoms with E-state index in [1.165, 1.54) is 11.4 Å². The lowest BCUT2D eigenvalue weighted by atomic mass is 9.82. The highest BCUT2D eigenvalue weighted by Gasteiger charge is 2.42. The van der Waals surface area contributed by atoms with E-state index in [1.807, 2.05) is 35.2 Å². The van der Waals surface area contributed by atoms with Gasteiger partial charge in [0.25, 0.3) is 0 Å². The summed E-state index contributed by atoms with van der Waals surface area (Å²) in [7, 11) is 0. The van der Waals surface area contributed by atoms with Gasteiger partial charge in [0.2, 0.25) is 0 Å². The summed E-state index contributed by atoms with van der Waals surface area (Å²) in [4.78, 5) is 14.3. The van der Waals surface area contributed by atoms with Gasteiger partial charge in [-0.05, 0) is 42.7 Å². The molecule has 5 nitrogen and oxygen atoms in total. The van der Waals surface area contributed by atoms with Crippen molar-refractivity contribution in [2.45, 2.75) is 25.0 Å². The number of nitrogens with zero attached hydrogens (tertiary/aromatic N) is 2. The minimum atomic E-state index is -0.231. The minimum absolute atomic E-state index is 0.145. The Balaban J connectivity index is 1.29. The first-order valence-electron chi connectivity index (χ1n) is 9.76. The summed E-state index contributed by atoms with van der Waals surface area (Å²) in [5, 5.41) is 3.77. The van der Waals surface area contributed by atoms with Crippen molar-refractivity contribution in [1.82, 2.24) is 9.47 Å². The Morgan fingerprint density at radius 3 is 2.54 bits per heavy atom. The number of anilines is 1. The van der Waals surface area contributed by atoms with Gasteiger partial charge in [-0.25, -0.2) is 4.79 Å². The molecule has 1 fully saturated rings. The zero-order chi connectivity index (χ0) is 19.0. The van der Waals surface area contributed by atoms with Crippen molar-refractivity contribution < 1.29 is 9.53 Å². The molecule has 1 amide bonds. The third kappa shape index (κ3) is 2.83. The van der Waals surface area contributed by atoms with Crippen molar-refractivity contribution in [3.05, 3.63) is 84.2 Å². The van der Waals surface area contributed by atoms with Crippen molar-refractivity contribution in [1.29, 1.82) is 0 Å². The molecule has 0 saturated carbocycles. The molecule has 0 radical (unpaired) electrons. The predicted molar refractivity (Wildman–Crippen MR) is 109 cm³/mol. The molecule has 1 aromatic heterocycles. The molecule has 5 heteroatoms. The fourth-order valence-corrected chi connectivity index (χ4v) is 4.35. The Morgan fingerprint density at radius 2 is 1.71 bits per heavy atom. The number of hydrogen-bond acceptors (Lipinski definition) is 3. The molecule has 2 aliphatic heterocycles. The Morgan fingerprint density at radius 1 is 0.964 bits per heavy atom. The van der Waals surface area contributed by atoms with E-state index in [0.717, 1.165) is 24.1 Å². The molecular weight excluding hydrogens is 350 g/mol. The normalized spacial score (nSPS) is 16.8. The largest absolute Gasteiger partial charge is 0.445 e. The Bertz CT molecular complexity index is 988. The molecule has 2 aromatic carbocycles. The zero-order valence-corrected chi connectivity index (χ0v) is 15.7. The maximum absolute atomic E-state index is 12.5. The topological polar surface area (TPSA) is 46.5 Å². The molecule has 28 heavy (non-hydrogen) atoms. The number of carbonyl (C=O) groups is 1. The lowest BCUT2D eigenvalue weighted by Crippen LogP contribution is -2.51. The molecule has 3 aromatic rings. The van der Waals surface area contributed by atoms with Crippen LogP contribution in [-0.2, 0) is 16.9 Å². The van der Waals surface area contributed by atoms with Crippen LogP contribution in [0.5, 0.6) is 0 Å². The van der Waals surface area contributed by atoms with Crippen LogP contribution in [0.2, 0.25) is 0 Å². The van der Waals surface area contributed by atoms with Crippen LogP contribution in [0.25, 0.3) is 5.69 Å². The minimum Gasteiger partial charge on any atom is -0.445 e. The van der Waals surface area contributed by atoms with Gasteiger partial charge in [-0.1, -0.05) is 42.5 Å². The van der Waals surface area contributed by atoms with Gasteiger partial charge in [-0.3, -0.25) is 0 Å². The molecular formula is C23H23N3O2. The van der Waals surface area contributed by atoms with Crippen molar-refractivity contribution in [3.8, 4) is 5.69 Å². The number of piperidine rings is 1. The van der Waals surface area contributed by atoms with E-state index in [1.54, 1.807) is 0 Å². The second-order valence-electron chi connectivity index (χ2n) is 7.51. The number of para-hydroxylation sites is 2. The molecule has 1 N–H and O–H groups in total. The molecule has 2 aliphatic rings. The summed E-state index contributed by atoms with van der Waals surface area (Å²) >= 11 is 0. The second-order valence-corrected chi connectivity index (χ2v) is 7.51. The van der Waals surface area contributed by atoms with E-state index < -0.39 is 0 Å². The van der Waals surface area contributed by atoms with Crippen LogP contribution in [0.1, 0.15) is 24.1 Å². The molecule has 142 valence electrons. The van der Waals surface area contributed by atoms with Crippen molar-refractivity contribution in [2.75, 3.05) is 18.4 Å². The van der Waals surface area contributed by atoms with E-state index in [2.05, 4.69) is 52.5 Å². The Kier molecular flexibility index (Phi) is 4.08. The first-order chi connectivity index (χ1) is 13.8. The molecule has 3 heterocycles. The van der Waals surface area contributed by atoms with Gasteiger partial charge in [-0.15, -0.1) is 0 Å². The van der Waals surface area contributed by atoms with E-state index in [-0.39, 0.29) is 11.6 Å². The van der Waals surface area contributed by atoms with Gasteiger partial charge in [-0.2, -0.15) is 0 Å². The summed E-state index contributed by atoms with van der Waals surface area (Å²) in [6.07, 6.45) is 3.60. The van der Waals surface area contributed by atoms with Gasteiger partial charge >= 0.3 is 6.09 Å². The van der Waals surface area contributed by atoms with Gasteiger partial charge < -0.3 is 19.5 Å². The molecule has 1 saturated heterocycles. The number of fused-ring (bicyclic) bond motifs is 4. The van der Waals surface area contributed by atoms with Crippen LogP contribution in [-0.4, -0.2) is 28.6 Å². The Hall–Kier alpha value is -3.21. The number of aromatic nitrogens is 1. The maximum atomic E-state index is 12.5. The number of likely N-dealkylation sites (tertiary alicyclic amines) is 1. The number of nitrogens with one attached hydrogen (secondary N) is 1. The van der Waals surface area contributed by atoms with E-state index in [4.69, 9.17) is 4.74 Å². The zero-order valence-electron chi connectivity index (χ0n) is 15.7. The highest BCUT2D eigenvalue weighted by atomic mass is 16.6. The highest BCUT2D eigenvalue weighted by molar-refractivity contribution is 5.69. The Labute approximate surface area is 164 Å². The summed E-state index contributed by atoms with van der Waals surface area (Å²) in [6, 6.07) is 22.5. The third-order valence-corrected chi connectivity index (χ3v) is 5.86. The molecule has 1 spiro atoms. The first kappa shape index (κ1) is 16.9. The van der Waals surface area contributed by atoms with Crippen LogP contribution in [0.3, 0.4) is 0 Å². The number of amides is 1.